The van der Waals surface area contributed by atoms with Crippen LogP contribution in [-0.4, -0.2) is 0 Å². The highest BCUT2D eigenvalue weighted by Gasteiger charge is 2.17. The zero-order chi connectivity index (χ0) is 13.9. The summed E-state index contributed by atoms with van der Waals surface area (Å²) in [7, 11) is 0. The van der Waals surface area contributed by atoms with Crippen molar-refractivity contribution >= 4 is 16.5 Å². The first-order chi connectivity index (χ1) is 9.81. The SMILES string of the molecule is C=C(c1ccoc1)c1c(CCCC)oc2ccccc12. The molecule has 20 heavy (non-hydrogen) atoms. The minimum atomic E-state index is 0.929. The fraction of sp³-hybridized carbons (Fsp3) is 0.222. The fourth-order valence-corrected chi connectivity index (χ4v) is 2.52. The average molecular weight is 266 g/mol. The van der Waals surface area contributed by atoms with Crippen molar-refractivity contribution in [2.24, 2.45) is 0 Å². The molecule has 2 aromatic heterocycles. The molecule has 0 fully saturated rings. The van der Waals surface area contributed by atoms with Gasteiger partial charge in [-0.15, -0.1) is 0 Å². The maximum absolute atomic E-state index is 6.03. The lowest BCUT2D eigenvalue weighted by Crippen LogP contribution is -1.90. The summed E-state index contributed by atoms with van der Waals surface area (Å²) in [6.07, 6.45) is 6.61. The average Bonchev–Trinajstić information content (AvgIpc) is 3.11. The molecule has 2 nitrogen and oxygen atoms in total. The molecule has 0 spiro atoms. The quantitative estimate of drug-likeness (QED) is 0.615. The number of unbranched alkanes of at least 4 members (excludes halogenated alkanes) is 1. The zero-order valence-electron chi connectivity index (χ0n) is 11.7. The Labute approximate surface area is 118 Å². The van der Waals surface area contributed by atoms with Crippen LogP contribution in [0.15, 0.2) is 58.3 Å². The summed E-state index contributed by atoms with van der Waals surface area (Å²) in [4.78, 5) is 0. The second kappa shape index (κ2) is 5.41. The number of furan rings is 2. The summed E-state index contributed by atoms with van der Waals surface area (Å²) in [6, 6.07) is 10.1. The molecule has 0 atom stereocenters. The first kappa shape index (κ1) is 12.8. The van der Waals surface area contributed by atoms with E-state index in [0.29, 0.717) is 0 Å². The van der Waals surface area contributed by atoms with Gasteiger partial charge in [0.1, 0.15) is 11.3 Å². The Morgan fingerprint density at radius 2 is 2.05 bits per heavy atom. The smallest absolute Gasteiger partial charge is 0.134 e. The highest BCUT2D eigenvalue weighted by atomic mass is 16.3. The molecule has 0 saturated carbocycles. The van der Waals surface area contributed by atoms with Crippen molar-refractivity contribution in [3.63, 3.8) is 0 Å². The van der Waals surface area contributed by atoms with E-state index in [1.165, 1.54) is 0 Å². The van der Waals surface area contributed by atoms with Crippen molar-refractivity contribution in [2.75, 3.05) is 0 Å². The van der Waals surface area contributed by atoms with Crippen molar-refractivity contribution in [1.82, 2.24) is 0 Å². The summed E-state index contributed by atoms with van der Waals surface area (Å²) in [6.45, 7) is 6.43. The monoisotopic (exact) mass is 266 g/mol. The van der Waals surface area contributed by atoms with Crippen molar-refractivity contribution in [3.05, 3.63) is 66.3 Å². The molecule has 0 bridgehead atoms. The van der Waals surface area contributed by atoms with Crippen LogP contribution < -0.4 is 0 Å². The van der Waals surface area contributed by atoms with E-state index in [-0.39, 0.29) is 0 Å². The molecule has 0 radical (unpaired) electrons. The summed E-state index contributed by atoms with van der Waals surface area (Å²) in [5.41, 5.74) is 4.03. The standard InChI is InChI=1S/C18H18O2/c1-3-4-8-17-18(13(2)14-10-11-19-12-14)15-7-5-6-9-16(15)20-17/h5-7,9-12H,2-4,8H2,1H3. The Bertz CT molecular complexity index is 717. The summed E-state index contributed by atoms with van der Waals surface area (Å²) in [5.74, 6) is 1.03. The Morgan fingerprint density at radius 1 is 1.20 bits per heavy atom. The molecule has 1 aromatic carbocycles. The molecule has 0 saturated heterocycles. The Kier molecular flexibility index (Phi) is 3.46. The van der Waals surface area contributed by atoms with Gasteiger partial charge in [0.2, 0.25) is 0 Å². The number of hydrogen-bond donors (Lipinski definition) is 0. The van der Waals surface area contributed by atoms with Crippen molar-refractivity contribution in [2.45, 2.75) is 26.2 Å². The number of rotatable bonds is 5. The normalized spacial score (nSPS) is 11.1. The van der Waals surface area contributed by atoms with Crippen LogP contribution in [0.1, 0.15) is 36.7 Å². The number of para-hydroxylation sites is 1. The van der Waals surface area contributed by atoms with E-state index in [1.807, 2.05) is 24.3 Å². The van der Waals surface area contributed by atoms with Crippen molar-refractivity contribution in [1.29, 1.82) is 0 Å². The molecular formula is C18H18O2. The van der Waals surface area contributed by atoms with Gasteiger partial charge in [-0.05, 0) is 24.1 Å². The molecule has 3 aromatic rings. The molecule has 0 unspecified atom stereocenters. The number of benzene rings is 1. The number of aryl methyl sites for hydroxylation is 1. The Hall–Kier alpha value is -2.22. The predicted octanol–water partition coefficient (Wildman–Crippen LogP) is 5.43. The van der Waals surface area contributed by atoms with E-state index in [9.17, 15) is 0 Å². The highest BCUT2D eigenvalue weighted by Crippen LogP contribution is 2.35. The van der Waals surface area contributed by atoms with E-state index in [1.54, 1.807) is 12.5 Å². The topological polar surface area (TPSA) is 26.3 Å². The van der Waals surface area contributed by atoms with Gasteiger partial charge in [-0.2, -0.15) is 0 Å². The zero-order valence-corrected chi connectivity index (χ0v) is 11.7. The van der Waals surface area contributed by atoms with Gasteiger partial charge in [0.25, 0.3) is 0 Å². The van der Waals surface area contributed by atoms with E-state index in [4.69, 9.17) is 8.83 Å². The predicted molar refractivity (Wildman–Crippen MR) is 81.7 cm³/mol. The Morgan fingerprint density at radius 3 is 2.80 bits per heavy atom. The maximum Gasteiger partial charge on any atom is 0.134 e. The van der Waals surface area contributed by atoms with Crippen LogP contribution >= 0.6 is 0 Å². The molecule has 2 heterocycles. The molecule has 2 heteroatoms. The van der Waals surface area contributed by atoms with Crippen LogP contribution in [0.25, 0.3) is 16.5 Å². The maximum atomic E-state index is 6.03. The Balaban J connectivity index is 2.13. The van der Waals surface area contributed by atoms with Gasteiger partial charge < -0.3 is 8.83 Å². The summed E-state index contributed by atoms with van der Waals surface area (Å²) in [5, 5.41) is 1.13. The second-order valence-corrected chi connectivity index (χ2v) is 4.99. The van der Waals surface area contributed by atoms with Crippen LogP contribution in [0, 0.1) is 0 Å². The molecule has 3 rings (SSSR count). The van der Waals surface area contributed by atoms with Gasteiger partial charge >= 0.3 is 0 Å². The van der Waals surface area contributed by atoms with E-state index >= 15 is 0 Å². The third kappa shape index (κ3) is 2.18. The van der Waals surface area contributed by atoms with Crippen LogP contribution in [0.4, 0.5) is 0 Å². The third-order valence-electron chi connectivity index (χ3n) is 3.60. The van der Waals surface area contributed by atoms with E-state index in [2.05, 4.69) is 19.6 Å². The van der Waals surface area contributed by atoms with Crippen LogP contribution in [-0.2, 0) is 6.42 Å². The molecular weight excluding hydrogens is 248 g/mol. The van der Waals surface area contributed by atoms with Gasteiger partial charge in [-0.3, -0.25) is 0 Å². The third-order valence-corrected chi connectivity index (χ3v) is 3.60. The minimum absolute atomic E-state index is 0.929. The molecule has 0 aliphatic carbocycles. The van der Waals surface area contributed by atoms with E-state index < -0.39 is 0 Å². The van der Waals surface area contributed by atoms with Crippen molar-refractivity contribution in [3.8, 4) is 0 Å². The van der Waals surface area contributed by atoms with Crippen molar-refractivity contribution < 1.29 is 8.83 Å². The number of hydrogen-bond acceptors (Lipinski definition) is 2. The lowest BCUT2D eigenvalue weighted by molar-refractivity contribution is 0.535. The van der Waals surface area contributed by atoms with Crippen LogP contribution in [0.2, 0.25) is 0 Å². The first-order valence-electron chi connectivity index (χ1n) is 7.03. The van der Waals surface area contributed by atoms with Gasteiger partial charge in [0.15, 0.2) is 0 Å². The molecule has 0 aliphatic rings. The largest absolute Gasteiger partial charge is 0.472 e. The number of fused-ring (bicyclic) bond motifs is 1. The highest BCUT2D eigenvalue weighted by molar-refractivity contribution is 5.96. The molecule has 102 valence electrons. The van der Waals surface area contributed by atoms with E-state index in [0.717, 1.165) is 52.7 Å². The lowest BCUT2D eigenvalue weighted by atomic mass is 9.97. The fourth-order valence-electron chi connectivity index (χ4n) is 2.52. The molecule has 0 N–H and O–H groups in total. The van der Waals surface area contributed by atoms with Gasteiger partial charge in [-0.25, -0.2) is 0 Å². The van der Waals surface area contributed by atoms with Gasteiger partial charge in [0, 0.05) is 22.9 Å². The summed E-state index contributed by atoms with van der Waals surface area (Å²) >= 11 is 0. The second-order valence-electron chi connectivity index (χ2n) is 4.99. The minimum Gasteiger partial charge on any atom is -0.472 e. The van der Waals surface area contributed by atoms with Gasteiger partial charge in [-0.1, -0.05) is 38.1 Å². The van der Waals surface area contributed by atoms with Gasteiger partial charge in [0.05, 0.1) is 12.5 Å². The lowest BCUT2D eigenvalue weighted by Gasteiger charge is -2.04. The molecule has 0 amide bonds. The van der Waals surface area contributed by atoms with Crippen LogP contribution in [0.3, 0.4) is 0 Å². The first-order valence-corrected chi connectivity index (χ1v) is 7.03. The van der Waals surface area contributed by atoms with Crippen LogP contribution in [0.5, 0.6) is 0 Å². The summed E-state index contributed by atoms with van der Waals surface area (Å²) < 4.78 is 11.2. The molecule has 0 aliphatic heterocycles.